The normalized spacial score (nSPS) is 21.0. The monoisotopic (exact) mass is 268 g/mol. The molecule has 0 aliphatic carbocycles. The Morgan fingerprint density at radius 2 is 2.33 bits per heavy atom. The van der Waals surface area contributed by atoms with Crippen molar-refractivity contribution < 1.29 is 9.59 Å². The van der Waals surface area contributed by atoms with Gasteiger partial charge in [-0.05, 0) is 19.8 Å². The van der Waals surface area contributed by atoms with Crippen LogP contribution in [0.2, 0.25) is 0 Å². The molecular formula is C11H16N4O2S. The van der Waals surface area contributed by atoms with Crippen molar-refractivity contribution >= 4 is 23.2 Å². The molecular weight excluding hydrogens is 252 g/mol. The van der Waals surface area contributed by atoms with Crippen LogP contribution in [0.4, 0.5) is 0 Å². The van der Waals surface area contributed by atoms with Crippen molar-refractivity contribution in [1.82, 2.24) is 9.88 Å². The van der Waals surface area contributed by atoms with Crippen LogP contribution < -0.4 is 11.5 Å². The molecule has 0 bridgehead atoms. The number of nitrogens with zero attached hydrogens (tertiary/aromatic N) is 2. The fourth-order valence-electron chi connectivity index (χ4n) is 2.05. The smallest absolute Gasteiger partial charge is 0.274 e. The standard InChI is InChI=1S/C11H16N4O2S/c1-6(12)10-14-7(5-18-10)11(17)15-4-2-3-8(15)9(13)16/h5-6,8H,2-4,12H2,1H3,(H2,13,16). The summed E-state index contributed by atoms with van der Waals surface area (Å²) in [5.74, 6) is -0.692. The predicted octanol–water partition coefficient (Wildman–Crippen LogP) is 0.253. The molecule has 0 saturated carbocycles. The van der Waals surface area contributed by atoms with Gasteiger partial charge in [-0.15, -0.1) is 11.3 Å². The second kappa shape index (κ2) is 5.03. The number of hydrogen-bond acceptors (Lipinski definition) is 5. The highest BCUT2D eigenvalue weighted by molar-refractivity contribution is 7.09. The first-order valence-corrected chi connectivity index (χ1v) is 6.70. The Kier molecular flexibility index (Phi) is 3.63. The van der Waals surface area contributed by atoms with Gasteiger partial charge in [0.05, 0.1) is 6.04 Å². The van der Waals surface area contributed by atoms with E-state index < -0.39 is 11.9 Å². The summed E-state index contributed by atoms with van der Waals surface area (Å²) in [6.07, 6.45) is 1.43. The summed E-state index contributed by atoms with van der Waals surface area (Å²) in [4.78, 5) is 29.2. The summed E-state index contributed by atoms with van der Waals surface area (Å²) in [7, 11) is 0. The molecule has 1 saturated heterocycles. The first-order chi connectivity index (χ1) is 8.50. The second-order valence-corrected chi connectivity index (χ2v) is 5.31. The molecule has 1 fully saturated rings. The highest BCUT2D eigenvalue weighted by Gasteiger charge is 2.34. The quantitative estimate of drug-likeness (QED) is 0.820. The summed E-state index contributed by atoms with van der Waals surface area (Å²) in [6.45, 7) is 2.37. The molecule has 4 N–H and O–H groups in total. The fraction of sp³-hybridized carbons (Fsp3) is 0.545. The van der Waals surface area contributed by atoms with Crippen LogP contribution in [-0.2, 0) is 4.79 Å². The van der Waals surface area contributed by atoms with E-state index in [0.717, 1.165) is 6.42 Å². The molecule has 2 rings (SSSR count). The average molecular weight is 268 g/mol. The molecule has 7 heteroatoms. The molecule has 18 heavy (non-hydrogen) atoms. The minimum Gasteiger partial charge on any atom is -0.368 e. The van der Waals surface area contributed by atoms with Gasteiger partial charge in [-0.3, -0.25) is 9.59 Å². The minimum absolute atomic E-state index is 0.193. The number of carbonyl (C=O) groups excluding carboxylic acids is 2. The predicted molar refractivity (Wildman–Crippen MR) is 68.0 cm³/mol. The Labute approximate surface area is 109 Å². The summed E-state index contributed by atoms with van der Waals surface area (Å²) in [6, 6.07) is -0.694. The number of hydrogen-bond donors (Lipinski definition) is 2. The summed E-state index contributed by atoms with van der Waals surface area (Å²) in [5.41, 5.74) is 11.3. The molecule has 2 heterocycles. The SMILES string of the molecule is CC(N)c1nc(C(=O)N2CCCC2C(N)=O)cs1. The highest BCUT2D eigenvalue weighted by atomic mass is 32.1. The average Bonchev–Trinajstić information content (AvgIpc) is 2.97. The van der Waals surface area contributed by atoms with Gasteiger partial charge in [-0.2, -0.15) is 0 Å². The van der Waals surface area contributed by atoms with Crippen LogP contribution in [0.5, 0.6) is 0 Å². The van der Waals surface area contributed by atoms with Gasteiger partial charge < -0.3 is 16.4 Å². The fourth-order valence-corrected chi connectivity index (χ4v) is 2.80. The van der Waals surface area contributed by atoms with Gasteiger partial charge in [0, 0.05) is 11.9 Å². The van der Waals surface area contributed by atoms with Crippen LogP contribution in [0.1, 0.15) is 41.3 Å². The van der Waals surface area contributed by atoms with Crippen LogP contribution in [0.3, 0.4) is 0 Å². The van der Waals surface area contributed by atoms with Gasteiger partial charge in [-0.25, -0.2) is 4.98 Å². The van der Waals surface area contributed by atoms with E-state index in [1.807, 2.05) is 6.92 Å². The molecule has 1 aliphatic heterocycles. The number of aromatic nitrogens is 1. The van der Waals surface area contributed by atoms with Gasteiger partial charge >= 0.3 is 0 Å². The lowest BCUT2D eigenvalue weighted by molar-refractivity contribution is -0.121. The zero-order chi connectivity index (χ0) is 13.3. The van der Waals surface area contributed by atoms with Crippen LogP contribution >= 0.6 is 11.3 Å². The summed E-state index contributed by atoms with van der Waals surface area (Å²) < 4.78 is 0. The lowest BCUT2D eigenvalue weighted by atomic mass is 10.2. The second-order valence-electron chi connectivity index (χ2n) is 4.42. The third-order valence-corrected chi connectivity index (χ3v) is 4.02. The van der Waals surface area contributed by atoms with Crippen molar-refractivity contribution in [1.29, 1.82) is 0 Å². The van der Waals surface area contributed by atoms with Crippen LogP contribution in [0.25, 0.3) is 0 Å². The van der Waals surface area contributed by atoms with Crippen molar-refractivity contribution in [3.8, 4) is 0 Å². The van der Waals surface area contributed by atoms with Crippen LogP contribution in [0.15, 0.2) is 5.38 Å². The Hall–Kier alpha value is -1.47. The van der Waals surface area contributed by atoms with Gasteiger partial charge in [-0.1, -0.05) is 0 Å². The van der Waals surface area contributed by atoms with Crippen molar-refractivity contribution in [2.75, 3.05) is 6.54 Å². The van der Waals surface area contributed by atoms with E-state index in [9.17, 15) is 9.59 Å². The minimum atomic E-state index is -0.502. The third kappa shape index (κ3) is 2.37. The lowest BCUT2D eigenvalue weighted by Gasteiger charge is -2.20. The van der Waals surface area contributed by atoms with E-state index >= 15 is 0 Å². The molecule has 1 aromatic heterocycles. The Morgan fingerprint density at radius 1 is 1.61 bits per heavy atom. The highest BCUT2D eigenvalue weighted by Crippen LogP contribution is 2.22. The summed E-state index contributed by atoms with van der Waals surface area (Å²) in [5, 5.41) is 2.39. The maximum absolute atomic E-state index is 12.2. The lowest BCUT2D eigenvalue weighted by Crippen LogP contribution is -2.43. The third-order valence-electron chi connectivity index (χ3n) is 2.97. The first kappa shape index (κ1) is 13.0. The topological polar surface area (TPSA) is 102 Å². The van der Waals surface area contributed by atoms with E-state index in [0.29, 0.717) is 23.7 Å². The van der Waals surface area contributed by atoms with E-state index in [4.69, 9.17) is 11.5 Å². The van der Waals surface area contributed by atoms with Gasteiger partial charge in [0.25, 0.3) is 5.91 Å². The molecule has 1 aliphatic rings. The maximum Gasteiger partial charge on any atom is 0.274 e. The van der Waals surface area contributed by atoms with E-state index in [2.05, 4.69) is 4.98 Å². The number of nitrogens with two attached hydrogens (primary N) is 2. The van der Waals surface area contributed by atoms with E-state index in [-0.39, 0.29) is 11.9 Å². The Bertz CT molecular complexity index is 471. The zero-order valence-corrected chi connectivity index (χ0v) is 10.9. The molecule has 1 aromatic rings. The summed E-state index contributed by atoms with van der Waals surface area (Å²) >= 11 is 1.35. The van der Waals surface area contributed by atoms with Crippen molar-refractivity contribution in [3.05, 3.63) is 16.1 Å². The van der Waals surface area contributed by atoms with Gasteiger partial charge in [0.2, 0.25) is 5.91 Å². The van der Waals surface area contributed by atoms with Gasteiger partial charge in [0.15, 0.2) is 0 Å². The number of thiazole rings is 1. The molecule has 0 radical (unpaired) electrons. The molecule has 98 valence electrons. The van der Waals surface area contributed by atoms with Crippen LogP contribution in [0, 0.1) is 0 Å². The van der Waals surface area contributed by atoms with Gasteiger partial charge in [0.1, 0.15) is 16.7 Å². The molecule has 2 unspecified atom stereocenters. The molecule has 2 amide bonds. The first-order valence-electron chi connectivity index (χ1n) is 5.82. The number of rotatable bonds is 3. The number of carbonyl (C=O) groups is 2. The zero-order valence-electron chi connectivity index (χ0n) is 10.1. The number of primary amides is 1. The number of amides is 2. The number of likely N-dealkylation sites (tertiary alicyclic amines) is 1. The molecule has 2 atom stereocenters. The van der Waals surface area contributed by atoms with E-state index in [1.165, 1.54) is 16.2 Å². The molecule has 0 aromatic carbocycles. The van der Waals surface area contributed by atoms with Crippen molar-refractivity contribution in [2.24, 2.45) is 11.5 Å². The maximum atomic E-state index is 12.2. The molecule has 6 nitrogen and oxygen atoms in total. The Morgan fingerprint density at radius 3 is 2.89 bits per heavy atom. The largest absolute Gasteiger partial charge is 0.368 e. The van der Waals surface area contributed by atoms with Crippen LogP contribution in [-0.4, -0.2) is 34.3 Å². The Balaban J connectivity index is 2.17. The van der Waals surface area contributed by atoms with Crippen molar-refractivity contribution in [2.45, 2.75) is 31.8 Å². The van der Waals surface area contributed by atoms with E-state index in [1.54, 1.807) is 5.38 Å². The van der Waals surface area contributed by atoms with Crippen molar-refractivity contribution in [3.63, 3.8) is 0 Å². The molecule has 0 spiro atoms.